The molecule has 1 fully saturated rings. The van der Waals surface area contributed by atoms with Crippen LogP contribution in [0.1, 0.15) is 25.0 Å². The van der Waals surface area contributed by atoms with Gasteiger partial charge in [-0.3, -0.25) is 4.79 Å². The molecular weight excluding hydrogens is 428 g/mol. The van der Waals surface area contributed by atoms with Crippen molar-refractivity contribution in [2.75, 3.05) is 33.4 Å². The number of carbonyl (C=O) groups is 1. The maximum absolute atomic E-state index is 13.1. The Balaban J connectivity index is 1.83. The number of benzene rings is 2. The third kappa shape index (κ3) is 5.76. The van der Waals surface area contributed by atoms with Gasteiger partial charge in [-0.05, 0) is 43.2 Å². The van der Waals surface area contributed by atoms with Crippen molar-refractivity contribution in [2.24, 2.45) is 0 Å². The zero-order valence-electron chi connectivity index (χ0n) is 18.7. The summed E-state index contributed by atoms with van der Waals surface area (Å²) in [6, 6.07) is 14.7. The fourth-order valence-corrected chi connectivity index (χ4v) is 5.08. The van der Waals surface area contributed by atoms with E-state index in [0.29, 0.717) is 38.4 Å². The normalized spacial score (nSPS) is 15.2. The van der Waals surface area contributed by atoms with Crippen LogP contribution in [0.4, 0.5) is 0 Å². The fourth-order valence-electron chi connectivity index (χ4n) is 3.48. The topological polar surface area (TPSA) is 76.2 Å². The van der Waals surface area contributed by atoms with Gasteiger partial charge in [-0.25, -0.2) is 8.42 Å². The highest BCUT2D eigenvalue weighted by Crippen LogP contribution is 2.29. The summed E-state index contributed by atoms with van der Waals surface area (Å²) in [5, 5.41) is 0. The van der Waals surface area contributed by atoms with Crippen LogP contribution in [0.25, 0.3) is 6.08 Å². The lowest BCUT2D eigenvalue weighted by Gasteiger charge is -2.27. The maximum atomic E-state index is 13.1. The molecule has 1 aliphatic heterocycles. The van der Waals surface area contributed by atoms with Crippen LogP contribution in [-0.2, 0) is 26.1 Å². The van der Waals surface area contributed by atoms with E-state index in [0.717, 1.165) is 5.56 Å². The minimum Gasteiger partial charge on any atom is -0.495 e. The van der Waals surface area contributed by atoms with Crippen molar-refractivity contribution >= 4 is 22.0 Å². The zero-order valence-corrected chi connectivity index (χ0v) is 19.5. The predicted molar refractivity (Wildman–Crippen MR) is 124 cm³/mol. The molecule has 3 rings (SSSR count). The Morgan fingerprint density at radius 3 is 2.47 bits per heavy atom. The average Bonchev–Trinajstić information content (AvgIpc) is 2.81. The molecule has 2 aromatic carbocycles. The van der Waals surface area contributed by atoms with Gasteiger partial charge in [0.15, 0.2) is 0 Å². The second-order valence-corrected chi connectivity index (χ2v) is 9.71. The summed E-state index contributed by atoms with van der Waals surface area (Å²) in [4.78, 5) is 14.7. The van der Waals surface area contributed by atoms with Crippen molar-refractivity contribution in [2.45, 2.75) is 31.3 Å². The monoisotopic (exact) mass is 458 g/mol. The molecule has 1 aliphatic rings. The van der Waals surface area contributed by atoms with Crippen molar-refractivity contribution in [1.82, 2.24) is 9.21 Å². The van der Waals surface area contributed by atoms with Gasteiger partial charge in [0.2, 0.25) is 15.9 Å². The van der Waals surface area contributed by atoms with E-state index >= 15 is 0 Å². The number of nitrogens with zero attached hydrogens (tertiary/aromatic N) is 2. The molecule has 32 heavy (non-hydrogen) atoms. The first-order valence-corrected chi connectivity index (χ1v) is 12.1. The summed E-state index contributed by atoms with van der Waals surface area (Å²) in [6.45, 7) is 5.76. The van der Waals surface area contributed by atoms with E-state index in [1.165, 1.54) is 17.5 Å². The number of hydrogen-bond donors (Lipinski definition) is 0. The lowest BCUT2D eigenvalue weighted by molar-refractivity contribution is -0.128. The van der Waals surface area contributed by atoms with Crippen LogP contribution in [-0.4, -0.2) is 63.0 Å². The van der Waals surface area contributed by atoms with Crippen LogP contribution in [0, 0.1) is 0 Å². The molecule has 0 N–H and O–H groups in total. The molecule has 0 aliphatic carbocycles. The Kier molecular flexibility index (Phi) is 8.06. The highest BCUT2D eigenvalue weighted by molar-refractivity contribution is 7.89. The van der Waals surface area contributed by atoms with E-state index in [1.54, 1.807) is 29.2 Å². The molecule has 0 aromatic heterocycles. The van der Waals surface area contributed by atoms with Crippen molar-refractivity contribution in [1.29, 1.82) is 0 Å². The first-order chi connectivity index (χ1) is 15.3. The van der Waals surface area contributed by atoms with Crippen molar-refractivity contribution in [3.8, 4) is 5.75 Å². The van der Waals surface area contributed by atoms with Crippen LogP contribution in [0.2, 0.25) is 0 Å². The Morgan fingerprint density at radius 1 is 1.16 bits per heavy atom. The number of sulfonamides is 1. The molecule has 0 atom stereocenters. The Morgan fingerprint density at radius 2 is 1.84 bits per heavy atom. The van der Waals surface area contributed by atoms with Gasteiger partial charge in [0.05, 0.1) is 20.3 Å². The Bertz CT molecular complexity index is 1050. The quantitative estimate of drug-likeness (QED) is 0.568. The van der Waals surface area contributed by atoms with E-state index < -0.39 is 10.0 Å². The van der Waals surface area contributed by atoms with Gasteiger partial charge in [-0.2, -0.15) is 4.31 Å². The molecule has 8 heteroatoms. The van der Waals surface area contributed by atoms with Gasteiger partial charge in [-0.15, -0.1) is 0 Å². The number of amides is 1. The van der Waals surface area contributed by atoms with Gasteiger partial charge in [0, 0.05) is 31.8 Å². The van der Waals surface area contributed by atoms with Gasteiger partial charge in [0.25, 0.3) is 0 Å². The molecule has 7 nitrogen and oxygen atoms in total. The summed E-state index contributed by atoms with van der Waals surface area (Å²) in [7, 11) is -2.30. The summed E-state index contributed by atoms with van der Waals surface area (Å²) >= 11 is 0. The highest BCUT2D eigenvalue weighted by Gasteiger charge is 2.29. The van der Waals surface area contributed by atoms with E-state index in [2.05, 4.69) is 0 Å². The van der Waals surface area contributed by atoms with E-state index in [-0.39, 0.29) is 22.6 Å². The lowest BCUT2D eigenvalue weighted by Crippen LogP contribution is -2.40. The van der Waals surface area contributed by atoms with Gasteiger partial charge >= 0.3 is 0 Å². The number of morpholine rings is 1. The molecule has 0 saturated carbocycles. The number of hydrogen-bond acceptors (Lipinski definition) is 5. The summed E-state index contributed by atoms with van der Waals surface area (Å²) in [5.74, 6) is 0.130. The third-order valence-corrected chi connectivity index (χ3v) is 7.22. The second-order valence-electron chi connectivity index (χ2n) is 7.81. The Labute approximate surface area is 190 Å². The second kappa shape index (κ2) is 10.8. The summed E-state index contributed by atoms with van der Waals surface area (Å²) < 4.78 is 38.3. The molecule has 0 bridgehead atoms. The van der Waals surface area contributed by atoms with Crippen molar-refractivity contribution in [3.63, 3.8) is 0 Å². The van der Waals surface area contributed by atoms with E-state index in [1.807, 2.05) is 44.2 Å². The van der Waals surface area contributed by atoms with Crippen molar-refractivity contribution in [3.05, 3.63) is 65.7 Å². The smallest absolute Gasteiger partial charge is 0.247 e. The molecule has 0 spiro atoms. The number of methoxy groups -OCH3 is 1. The summed E-state index contributed by atoms with van der Waals surface area (Å²) in [5.41, 5.74) is 1.65. The zero-order chi connectivity index (χ0) is 23.1. The van der Waals surface area contributed by atoms with Crippen LogP contribution < -0.4 is 4.74 Å². The predicted octanol–water partition coefficient (Wildman–Crippen LogP) is 3.17. The van der Waals surface area contributed by atoms with Crippen molar-refractivity contribution < 1.29 is 22.7 Å². The SMILES string of the molecule is COc1ccc(/C=C/C(=O)N(Cc2ccccc2)C(C)C)cc1S(=O)(=O)N1CCOCC1. The van der Waals surface area contributed by atoms with Crippen LogP contribution >= 0.6 is 0 Å². The largest absolute Gasteiger partial charge is 0.495 e. The average molecular weight is 459 g/mol. The molecule has 172 valence electrons. The number of rotatable bonds is 8. The molecule has 1 heterocycles. The standard InChI is InChI=1S/C24H30N2O5S/c1-19(2)26(18-21-7-5-4-6-8-21)24(27)12-10-20-9-11-22(30-3)23(17-20)32(28,29)25-13-15-31-16-14-25/h4-12,17,19H,13-16,18H2,1-3H3/b12-10+. The van der Waals surface area contributed by atoms with E-state index in [4.69, 9.17) is 9.47 Å². The molecule has 1 amide bonds. The number of ether oxygens (including phenoxy) is 2. The highest BCUT2D eigenvalue weighted by atomic mass is 32.2. The third-order valence-electron chi connectivity index (χ3n) is 5.30. The van der Waals surface area contributed by atoms with Gasteiger partial charge in [0.1, 0.15) is 10.6 Å². The molecule has 0 radical (unpaired) electrons. The molecule has 1 saturated heterocycles. The van der Waals surface area contributed by atoms with Gasteiger partial charge < -0.3 is 14.4 Å². The molecule has 2 aromatic rings. The number of carbonyl (C=O) groups excluding carboxylic acids is 1. The minimum absolute atomic E-state index is 0.0143. The summed E-state index contributed by atoms with van der Waals surface area (Å²) in [6.07, 6.45) is 3.12. The van der Waals surface area contributed by atoms with Crippen LogP contribution in [0.3, 0.4) is 0 Å². The first-order valence-electron chi connectivity index (χ1n) is 10.6. The van der Waals surface area contributed by atoms with Gasteiger partial charge in [-0.1, -0.05) is 36.4 Å². The molecule has 0 unspecified atom stereocenters. The maximum Gasteiger partial charge on any atom is 0.247 e. The van der Waals surface area contributed by atoms with Crippen LogP contribution in [0.5, 0.6) is 5.75 Å². The van der Waals surface area contributed by atoms with Crippen LogP contribution in [0.15, 0.2) is 59.5 Å². The first kappa shape index (κ1) is 24.0. The van der Waals surface area contributed by atoms with E-state index in [9.17, 15) is 13.2 Å². The lowest BCUT2D eigenvalue weighted by atomic mass is 10.1. The minimum atomic E-state index is -3.74. The Hall–Kier alpha value is -2.68. The fraction of sp³-hybridized carbons (Fsp3) is 0.375. The molecular formula is C24H30N2O5S.